The summed E-state index contributed by atoms with van der Waals surface area (Å²) in [4.78, 5) is 9.13. The molecule has 4 nitrogen and oxygen atoms in total. The van der Waals surface area contributed by atoms with Gasteiger partial charge in [-0.1, -0.05) is 15.9 Å². The molecular formula is C14H12BrN3O. The van der Waals surface area contributed by atoms with E-state index in [2.05, 4.69) is 43.5 Å². The van der Waals surface area contributed by atoms with Crippen LogP contribution in [0.1, 0.15) is 18.8 Å². The Balaban J connectivity index is 2.17. The van der Waals surface area contributed by atoms with E-state index in [1.165, 1.54) is 5.52 Å². The lowest BCUT2D eigenvalue weighted by Gasteiger charge is -2.22. The maximum Gasteiger partial charge on any atom is 0.136 e. The third-order valence-corrected chi connectivity index (χ3v) is 4.08. The van der Waals surface area contributed by atoms with Gasteiger partial charge in [0.1, 0.15) is 17.9 Å². The third kappa shape index (κ3) is 1.61. The summed E-state index contributed by atoms with van der Waals surface area (Å²) >= 11 is 3.49. The molecule has 19 heavy (non-hydrogen) atoms. The minimum atomic E-state index is 0.308. The Morgan fingerprint density at radius 3 is 3.16 bits per heavy atom. The largest absolute Gasteiger partial charge is 0.371 e. The minimum Gasteiger partial charge on any atom is -0.371 e. The molecule has 96 valence electrons. The summed E-state index contributed by atoms with van der Waals surface area (Å²) in [6.45, 7) is 3.48. The fourth-order valence-corrected chi connectivity index (χ4v) is 3.12. The second kappa shape index (κ2) is 4.02. The van der Waals surface area contributed by atoms with Gasteiger partial charge in [0.05, 0.1) is 29.9 Å². The van der Waals surface area contributed by atoms with Gasteiger partial charge in [0.25, 0.3) is 0 Å². The van der Waals surface area contributed by atoms with Gasteiger partial charge >= 0.3 is 0 Å². The molecule has 3 aromatic rings. The van der Waals surface area contributed by atoms with Crippen LogP contribution in [0.15, 0.2) is 28.9 Å². The number of fused-ring (bicyclic) bond motifs is 5. The zero-order valence-electron chi connectivity index (χ0n) is 10.4. The highest BCUT2D eigenvalue weighted by atomic mass is 79.9. The standard InChI is InChI=1S/C14H12BrN3O/c1-8-6-19-7-13-17-12-5-16-11-4-9(15)2-3-10(11)14(12)18(8)13/h2-5,8H,6-7H2,1H3. The third-order valence-electron chi connectivity index (χ3n) is 3.58. The van der Waals surface area contributed by atoms with E-state index in [1.807, 2.05) is 18.3 Å². The van der Waals surface area contributed by atoms with E-state index in [9.17, 15) is 0 Å². The van der Waals surface area contributed by atoms with Gasteiger partial charge in [0.2, 0.25) is 0 Å². The molecule has 0 radical (unpaired) electrons. The fraction of sp³-hybridized carbons (Fsp3) is 0.286. The first-order valence-electron chi connectivity index (χ1n) is 6.27. The van der Waals surface area contributed by atoms with Crippen LogP contribution < -0.4 is 0 Å². The molecule has 0 aliphatic carbocycles. The number of pyridine rings is 1. The molecule has 1 aromatic carbocycles. The van der Waals surface area contributed by atoms with Crippen LogP contribution in [-0.4, -0.2) is 21.1 Å². The predicted molar refractivity (Wildman–Crippen MR) is 77.1 cm³/mol. The minimum absolute atomic E-state index is 0.308. The first kappa shape index (κ1) is 11.4. The second-order valence-electron chi connectivity index (χ2n) is 4.92. The Morgan fingerprint density at radius 2 is 2.26 bits per heavy atom. The van der Waals surface area contributed by atoms with Gasteiger partial charge in [-0.05, 0) is 25.1 Å². The van der Waals surface area contributed by atoms with Crippen molar-refractivity contribution in [3.8, 4) is 0 Å². The molecule has 1 atom stereocenters. The molecule has 0 saturated heterocycles. The van der Waals surface area contributed by atoms with E-state index in [4.69, 9.17) is 4.74 Å². The summed E-state index contributed by atoms with van der Waals surface area (Å²) < 4.78 is 8.89. The van der Waals surface area contributed by atoms with Crippen LogP contribution in [0.3, 0.4) is 0 Å². The van der Waals surface area contributed by atoms with Gasteiger partial charge < -0.3 is 9.30 Å². The van der Waals surface area contributed by atoms with Crippen LogP contribution in [0.5, 0.6) is 0 Å². The molecule has 4 rings (SSSR count). The van der Waals surface area contributed by atoms with Crippen molar-refractivity contribution in [3.05, 3.63) is 34.7 Å². The summed E-state index contributed by atoms with van der Waals surface area (Å²) in [7, 11) is 0. The van der Waals surface area contributed by atoms with Crippen LogP contribution in [-0.2, 0) is 11.3 Å². The summed E-state index contributed by atoms with van der Waals surface area (Å²) in [6.07, 6.45) is 1.85. The van der Waals surface area contributed by atoms with Crippen molar-refractivity contribution < 1.29 is 4.74 Å². The number of hydrogen-bond acceptors (Lipinski definition) is 3. The number of ether oxygens (including phenoxy) is 1. The summed E-state index contributed by atoms with van der Waals surface area (Å²) in [5.41, 5.74) is 3.11. The average Bonchev–Trinajstić information content (AvgIpc) is 2.78. The highest BCUT2D eigenvalue weighted by Crippen LogP contribution is 2.31. The first-order valence-corrected chi connectivity index (χ1v) is 7.06. The van der Waals surface area contributed by atoms with Crippen LogP contribution in [0, 0.1) is 0 Å². The van der Waals surface area contributed by atoms with Crippen molar-refractivity contribution in [2.45, 2.75) is 19.6 Å². The van der Waals surface area contributed by atoms with Gasteiger partial charge in [0.15, 0.2) is 0 Å². The number of hydrogen-bond donors (Lipinski definition) is 0. The summed E-state index contributed by atoms with van der Waals surface area (Å²) in [6, 6.07) is 6.50. The molecule has 0 amide bonds. The molecular weight excluding hydrogens is 306 g/mol. The van der Waals surface area contributed by atoms with E-state index in [0.29, 0.717) is 12.6 Å². The Hall–Kier alpha value is -1.46. The SMILES string of the molecule is CC1COCc2nc3cnc4cc(Br)ccc4c3n21. The zero-order chi connectivity index (χ0) is 13.0. The first-order chi connectivity index (χ1) is 9.24. The van der Waals surface area contributed by atoms with Gasteiger partial charge in [-0.25, -0.2) is 4.98 Å². The monoisotopic (exact) mass is 317 g/mol. The summed E-state index contributed by atoms with van der Waals surface area (Å²) in [5.74, 6) is 0.992. The lowest BCUT2D eigenvalue weighted by atomic mass is 10.2. The Morgan fingerprint density at radius 1 is 1.37 bits per heavy atom. The van der Waals surface area contributed by atoms with Crippen LogP contribution >= 0.6 is 15.9 Å². The Labute approximate surface area is 118 Å². The van der Waals surface area contributed by atoms with Gasteiger partial charge in [-0.15, -0.1) is 0 Å². The maximum absolute atomic E-state index is 5.56. The van der Waals surface area contributed by atoms with Crippen molar-refractivity contribution in [1.29, 1.82) is 0 Å². The normalized spacial score (nSPS) is 18.9. The molecule has 0 fully saturated rings. The maximum atomic E-state index is 5.56. The molecule has 0 N–H and O–H groups in total. The molecule has 3 heterocycles. The highest BCUT2D eigenvalue weighted by molar-refractivity contribution is 9.10. The molecule has 1 aliphatic heterocycles. The van der Waals surface area contributed by atoms with E-state index in [1.54, 1.807) is 0 Å². The van der Waals surface area contributed by atoms with Crippen LogP contribution in [0.4, 0.5) is 0 Å². The number of nitrogens with zero attached hydrogens (tertiary/aromatic N) is 3. The van der Waals surface area contributed by atoms with E-state index >= 15 is 0 Å². The molecule has 5 heteroatoms. The van der Waals surface area contributed by atoms with Crippen LogP contribution in [0.2, 0.25) is 0 Å². The number of benzene rings is 1. The van der Waals surface area contributed by atoms with Crippen molar-refractivity contribution in [3.63, 3.8) is 0 Å². The van der Waals surface area contributed by atoms with Crippen molar-refractivity contribution in [2.75, 3.05) is 6.61 Å². The second-order valence-corrected chi connectivity index (χ2v) is 5.83. The topological polar surface area (TPSA) is 39.9 Å². The van der Waals surface area contributed by atoms with Gasteiger partial charge in [-0.3, -0.25) is 4.98 Å². The zero-order valence-corrected chi connectivity index (χ0v) is 12.0. The van der Waals surface area contributed by atoms with Crippen molar-refractivity contribution >= 4 is 37.9 Å². The van der Waals surface area contributed by atoms with Gasteiger partial charge in [-0.2, -0.15) is 0 Å². The number of halogens is 1. The van der Waals surface area contributed by atoms with E-state index < -0.39 is 0 Å². The highest BCUT2D eigenvalue weighted by Gasteiger charge is 2.22. The van der Waals surface area contributed by atoms with Crippen LogP contribution in [0.25, 0.3) is 21.9 Å². The van der Waals surface area contributed by atoms with Gasteiger partial charge in [0, 0.05) is 9.86 Å². The number of aromatic nitrogens is 3. The van der Waals surface area contributed by atoms with E-state index in [-0.39, 0.29) is 0 Å². The molecule has 0 bridgehead atoms. The van der Waals surface area contributed by atoms with E-state index in [0.717, 1.165) is 33.3 Å². The molecule has 0 spiro atoms. The molecule has 0 saturated carbocycles. The molecule has 2 aromatic heterocycles. The Bertz CT molecular complexity index is 796. The quantitative estimate of drug-likeness (QED) is 0.637. The van der Waals surface area contributed by atoms with Crippen molar-refractivity contribution in [1.82, 2.24) is 14.5 Å². The lowest BCUT2D eigenvalue weighted by Crippen LogP contribution is -2.21. The fourth-order valence-electron chi connectivity index (χ4n) is 2.77. The predicted octanol–water partition coefficient (Wildman–Crippen LogP) is 3.44. The number of rotatable bonds is 0. The summed E-state index contributed by atoms with van der Waals surface area (Å²) in [5, 5.41) is 1.15. The Kier molecular flexibility index (Phi) is 2.40. The smallest absolute Gasteiger partial charge is 0.136 e. The number of imidazole rings is 1. The average molecular weight is 318 g/mol. The molecule has 1 unspecified atom stereocenters. The lowest BCUT2D eigenvalue weighted by molar-refractivity contribution is 0.0622. The molecule has 1 aliphatic rings. The van der Waals surface area contributed by atoms with Crippen molar-refractivity contribution in [2.24, 2.45) is 0 Å².